The lowest BCUT2D eigenvalue weighted by Gasteiger charge is -2.32. The minimum atomic E-state index is -1.14. The Bertz CT molecular complexity index is 1050. The van der Waals surface area contributed by atoms with Crippen molar-refractivity contribution >= 4 is 18.0 Å². The van der Waals surface area contributed by atoms with Crippen LogP contribution in [0.4, 0.5) is 4.79 Å². The van der Waals surface area contributed by atoms with Gasteiger partial charge in [-0.3, -0.25) is 4.79 Å². The molecule has 3 rings (SSSR count). The van der Waals surface area contributed by atoms with Crippen molar-refractivity contribution < 1.29 is 29.0 Å². The fourth-order valence-electron chi connectivity index (χ4n) is 4.29. The minimum Gasteiger partial charge on any atom is -0.507 e. The average Bonchev–Trinajstić information content (AvgIpc) is 3.27. The van der Waals surface area contributed by atoms with Crippen LogP contribution in [0.15, 0.2) is 48.5 Å². The molecule has 1 fully saturated rings. The van der Waals surface area contributed by atoms with Gasteiger partial charge in [-0.25, -0.2) is 9.59 Å². The highest BCUT2D eigenvalue weighted by Gasteiger charge is 2.44. The number of esters is 1. The minimum absolute atomic E-state index is 0.180. The van der Waals surface area contributed by atoms with Crippen molar-refractivity contribution in [1.29, 1.82) is 0 Å². The van der Waals surface area contributed by atoms with Gasteiger partial charge in [-0.2, -0.15) is 0 Å². The summed E-state index contributed by atoms with van der Waals surface area (Å²) >= 11 is 0. The number of para-hydroxylation sites is 1. The van der Waals surface area contributed by atoms with E-state index < -0.39 is 35.2 Å². The molecule has 3 N–H and O–H groups in total. The number of carbonyl (C=O) groups is 3. The molecular weight excluding hydrogens is 448 g/mol. The van der Waals surface area contributed by atoms with Gasteiger partial charge in [0.25, 0.3) is 0 Å². The molecule has 0 spiro atoms. The quantitative estimate of drug-likeness (QED) is 0.512. The molecule has 2 aromatic rings. The highest BCUT2D eigenvalue weighted by Crippen LogP contribution is 2.31. The maximum atomic E-state index is 13.3. The number of benzene rings is 2. The van der Waals surface area contributed by atoms with Crippen LogP contribution >= 0.6 is 0 Å². The maximum absolute atomic E-state index is 13.3. The topological polar surface area (TPSA) is 114 Å². The van der Waals surface area contributed by atoms with Crippen molar-refractivity contribution in [2.24, 2.45) is 0 Å². The molecule has 1 atom stereocenters. The van der Waals surface area contributed by atoms with Gasteiger partial charge in [-0.1, -0.05) is 55.3 Å². The number of alkyl carbamates (subject to hydrolysis) is 1. The summed E-state index contributed by atoms with van der Waals surface area (Å²) in [6.45, 7) is 5.27. The monoisotopic (exact) mass is 482 g/mol. The summed E-state index contributed by atoms with van der Waals surface area (Å²) in [6, 6.07) is 13.5. The van der Waals surface area contributed by atoms with E-state index in [0.717, 1.165) is 24.0 Å². The highest BCUT2D eigenvalue weighted by atomic mass is 16.6. The van der Waals surface area contributed by atoms with Crippen molar-refractivity contribution in [2.45, 2.75) is 70.1 Å². The predicted octanol–water partition coefficient (Wildman–Crippen LogP) is 4.10. The molecule has 1 aliphatic rings. The molecule has 0 radical (unpaired) electrons. The number of phenolic OH excluding ortho intramolecular Hbond substituents is 1. The van der Waals surface area contributed by atoms with Crippen LogP contribution in [-0.4, -0.2) is 47.4 Å². The number of ether oxygens (including phenoxy) is 2. The number of hydrogen-bond donors (Lipinski definition) is 3. The van der Waals surface area contributed by atoms with Gasteiger partial charge in [0.2, 0.25) is 5.91 Å². The molecule has 35 heavy (non-hydrogen) atoms. The van der Waals surface area contributed by atoms with Crippen molar-refractivity contribution in [3.63, 3.8) is 0 Å². The molecule has 8 nitrogen and oxygen atoms in total. The Kier molecular flexibility index (Phi) is 8.04. The summed E-state index contributed by atoms with van der Waals surface area (Å²) in [5.41, 5.74) is 0.506. The lowest BCUT2D eigenvalue weighted by Crippen LogP contribution is -2.60. The Hall–Kier alpha value is -3.55. The zero-order valence-electron chi connectivity index (χ0n) is 20.7. The summed E-state index contributed by atoms with van der Waals surface area (Å²) in [5, 5.41) is 15.6. The molecule has 0 heterocycles. The van der Waals surface area contributed by atoms with Crippen LogP contribution in [0.3, 0.4) is 0 Å². The first-order valence-electron chi connectivity index (χ1n) is 11.8. The average molecular weight is 483 g/mol. The summed E-state index contributed by atoms with van der Waals surface area (Å²) < 4.78 is 10.3. The number of phenols is 1. The highest BCUT2D eigenvalue weighted by molar-refractivity contribution is 5.93. The second kappa shape index (κ2) is 10.8. The van der Waals surface area contributed by atoms with Gasteiger partial charge in [0, 0.05) is 12.0 Å². The third kappa shape index (κ3) is 6.74. The molecule has 2 amide bonds. The van der Waals surface area contributed by atoms with Gasteiger partial charge in [-0.15, -0.1) is 0 Å². The third-order valence-electron chi connectivity index (χ3n) is 6.03. The third-order valence-corrected chi connectivity index (χ3v) is 6.03. The lowest BCUT2D eigenvalue weighted by atomic mass is 9.95. The lowest BCUT2D eigenvalue weighted by molar-refractivity contribution is -0.145. The van der Waals surface area contributed by atoms with Gasteiger partial charge in [-0.05, 0) is 50.8 Å². The molecule has 1 unspecified atom stereocenters. The fourth-order valence-corrected chi connectivity index (χ4v) is 4.29. The van der Waals surface area contributed by atoms with Gasteiger partial charge in [0.1, 0.15) is 22.9 Å². The largest absolute Gasteiger partial charge is 0.507 e. The zero-order valence-corrected chi connectivity index (χ0v) is 20.7. The maximum Gasteiger partial charge on any atom is 0.408 e. The van der Waals surface area contributed by atoms with E-state index in [4.69, 9.17) is 9.47 Å². The smallest absolute Gasteiger partial charge is 0.408 e. The Labute approximate surface area is 206 Å². The number of hydrogen-bond acceptors (Lipinski definition) is 6. The van der Waals surface area contributed by atoms with Gasteiger partial charge in [0.05, 0.1) is 7.11 Å². The summed E-state index contributed by atoms with van der Waals surface area (Å²) in [6.07, 6.45) is 2.02. The molecule has 0 saturated heterocycles. The van der Waals surface area contributed by atoms with Crippen LogP contribution < -0.4 is 10.6 Å². The van der Waals surface area contributed by atoms with E-state index in [1.54, 1.807) is 32.9 Å². The Morgan fingerprint density at radius 2 is 1.66 bits per heavy atom. The molecule has 0 bridgehead atoms. The Morgan fingerprint density at radius 3 is 2.23 bits per heavy atom. The summed E-state index contributed by atoms with van der Waals surface area (Å²) in [7, 11) is 1.27. The van der Waals surface area contributed by atoms with E-state index in [2.05, 4.69) is 10.6 Å². The van der Waals surface area contributed by atoms with Gasteiger partial charge >= 0.3 is 12.1 Å². The van der Waals surface area contributed by atoms with E-state index in [1.165, 1.54) is 7.11 Å². The standard InChI is InChI=1S/C27H34N2O6/c1-26(2,3)35-25(33)29-27(15-7-8-16-27)24(32)28-21(23(31)34-4)17-18-11-13-19(14-12-18)20-9-5-6-10-22(20)30/h5-6,9-14,21,30H,7-8,15-17H2,1-4H3,(H,28,32)(H,29,33). The summed E-state index contributed by atoms with van der Waals surface area (Å²) in [4.78, 5) is 38.3. The SMILES string of the molecule is COC(=O)C(Cc1ccc(-c2ccccc2O)cc1)NC(=O)C1(NC(=O)OC(C)(C)C)CCCC1. The van der Waals surface area contributed by atoms with Gasteiger partial charge < -0.3 is 25.2 Å². The van der Waals surface area contributed by atoms with Crippen molar-refractivity contribution in [3.8, 4) is 16.9 Å². The van der Waals surface area contributed by atoms with Crippen molar-refractivity contribution in [1.82, 2.24) is 10.6 Å². The number of methoxy groups -OCH3 is 1. The Morgan fingerprint density at radius 1 is 1.03 bits per heavy atom. The van der Waals surface area contributed by atoms with E-state index in [9.17, 15) is 19.5 Å². The molecule has 2 aromatic carbocycles. The predicted molar refractivity (Wildman–Crippen MR) is 132 cm³/mol. The molecule has 8 heteroatoms. The van der Waals surface area contributed by atoms with Crippen molar-refractivity contribution in [2.75, 3.05) is 7.11 Å². The molecular formula is C27H34N2O6. The molecule has 0 aliphatic heterocycles. The number of amides is 2. The zero-order chi connectivity index (χ0) is 25.6. The van der Waals surface area contributed by atoms with Crippen LogP contribution in [0.2, 0.25) is 0 Å². The second-order valence-corrected chi connectivity index (χ2v) is 9.88. The first-order chi connectivity index (χ1) is 16.5. The van der Waals surface area contributed by atoms with Gasteiger partial charge in [0.15, 0.2) is 0 Å². The fraction of sp³-hybridized carbons (Fsp3) is 0.444. The normalized spacial score (nSPS) is 15.7. The number of rotatable bonds is 7. The van der Waals surface area contributed by atoms with Crippen molar-refractivity contribution in [3.05, 3.63) is 54.1 Å². The number of aromatic hydroxyl groups is 1. The van der Waals surface area contributed by atoms with Crippen LogP contribution in [0.25, 0.3) is 11.1 Å². The molecule has 1 saturated carbocycles. The Balaban J connectivity index is 1.74. The molecule has 0 aromatic heterocycles. The van der Waals surface area contributed by atoms with Crippen LogP contribution in [-0.2, 0) is 25.5 Å². The first kappa shape index (κ1) is 26.1. The number of carbonyl (C=O) groups excluding carboxylic acids is 3. The van der Waals surface area contributed by atoms with E-state index in [1.807, 2.05) is 36.4 Å². The van der Waals surface area contributed by atoms with Crippen LogP contribution in [0.1, 0.15) is 52.0 Å². The summed E-state index contributed by atoms with van der Waals surface area (Å²) in [5.74, 6) is -0.824. The molecule has 1 aliphatic carbocycles. The van der Waals surface area contributed by atoms with E-state index >= 15 is 0 Å². The number of nitrogens with one attached hydrogen (secondary N) is 2. The first-order valence-corrected chi connectivity index (χ1v) is 11.8. The van der Waals surface area contributed by atoms with Crippen LogP contribution in [0, 0.1) is 0 Å². The second-order valence-electron chi connectivity index (χ2n) is 9.88. The molecule has 188 valence electrons. The van der Waals surface area contributed by atoms with E-state index in [0.29, 0.717) is 18.4 Å². The van der Waals surface area contributed by atoms with Crippen LogP contribution in [0.5, 0.6) is 5.75 Å². The van der Waals surface area contributed by atoms with E-state index in [-0.39, 0.29) is 12.2 Å².